The standard InChI is InChI=1S/C15H18F4IN3OS/c1-13(2)12(21)23-14(3,10-6-9(20)4-5-11(10)16)8-25(13,24)22-7-15(17,18)19/h4-6H,7-8H2,1-3H3,(H2,21,23)/t14-,25+/m0/s1. The highest BCUT2D eigenvalue weighted by Crippen LogP contribution is 2.39. The lowest BCUT2D eigenvalue weighted by atomic mass is 9.93. The van der Waals surface area contributed by atoms with Crippen molar-refractivity contribution in [3.63, 3.8) is 0 Å². The van der Waals surface area contributed by atoms with Crippen molar-refractivity contribution in [2.45, 2.75) is 37.2 Å². The molecule has 2 atom stereocenters. The number of amidine groups is 1. The van der Waals surface area contributed by atoms with E-state index in [0.29, 0.717) is 3.57 Å². The van der Waals surface area contributed by atoms with E-state index >= 15 is 0 Å². The molecule has 1 heterocycles. The van der Waals surface area contributed by atoms with E-state index in [9.17, 15) is 21.8 Å². The van der Waals surface area contributed by atoms with E-state index in [1.54, 1.807) is 6.07 Å². The van der Waals surface area contributed by atoms with Crippen LogP contribution in [0.3, 0.4) is 0 Å². The first-order valence-electron chi connectivity index (χ1n) is 7.28. The molecule has 0 bridgehead atoms. The second-order valence-corrected chi connectivity index (χ2v) is 10.7. The van der Waals surface area contributed by atoms with Gasteiger partial charge in [0, 0.05) is 9.13 Å². The van der Waals surface area contributed by atoms with Gasteiger partial charge in [-0.15, -0.1) is 0 Å². The Morgan fingerprint density at radius 2 is 1.96 bits per heavy atom. The highest BCUT2D eigenvalue weighted by atomic mass is 127. The Morgan fingerprint density at radius 3 is 2.52 bits per heavy atom. The molecule has 0 spiro atoms. The maximum atomic E-state index is 14.3. The highest BCUT2D eigenvalue weighted by molar-refractivity contribution is 14.1. The van der Waals surface area contributed by atoms with Crippen LogP contribution in [0.4, 0.5) is 17.6 Å². The molecule has 4 nitrogen and oxygen atoms in total. The van der Waals surface area contributed by atoms with Crippen molar-refractivity contribution in [3.05, 3.63) is 33.1 Å². The molecule has 0 saturated heterocycles. The van der Waals surface area contributed by atoms with Gasteiger partial charge in [0.2, 0.25) is 0 Å². The first-order valence-corrected chi connectivity index (χ1v) is 10.0. The van der Waals surface area contributed by atoms with Gasteiger partial charge < -0.3 is 5.73 Å². The molecule has 2 N–H and O–H groups in total. The third-order valence-corrected chi connectivity index (χ3v) is 8.19. The number of nitrogens with zero attached hydrogens (tertiary/aromatic N) is 2. The SMILES string of the molecule is CC1(C)C(N)=N[C@](C)(c2cc(I)ccc2F)C[S@]1(=O)=NCC(F)(F)F. The Hall–Kier alpha value is -0.910. The second-order valence-electron chi connectivity index (χ2n) is 6.59. The van der Waals surface area contributed by atoms with Crippen molar-refractivity contribution in [1.29, 1.82) is 0 Å². The molecule has 1 aliphatic heterocycles. The minimum Gasteiger partial charge on any atom is -0.386 e. The molecular formula is C15H18F4IN3OS. The van der Waals surface area contributed by atoms with Crippen molar-refractivity contribution in [1.82, 2.24) is 0 Å². The van der Waals surface area contributed by atoms with E-state index < -0.39 is 38.6 Å². The number of alkyl halides is 3. The van der Waals surface area contributed by atoms with E-state index in [-0.39, 0.29) is 17.2 Å². The lowest BCUT2D eigenvalue weighted by molar-refractivity contribution is -0.117. The van der Waals surface area contributed by atoms with Crippen molar-refractivity contribution in [2.75, 3.05) is 12.3 Å². The number of hydrogen-bond acceptors (Lipinski definition) is 4. The summed E-state index contributed by atoms with van der Waals surface area (Å²) >= 11 is 1.98. The molecule has 10 heteroatoms. The maximum Gasteiger partial charge on any atom is 0.408 e. The number of rotatable bonds is 2. The first kappa shape index (κ1) is 20.4. The number of aliphatic imine (C=N–C) groups is 1. The summed E-state index contributed by atoms with van der Waals surface area (Å²) < 4.78 is 68.4. The molecule has 0 radical (unpaired) electrons. The number of benzene rings is 1. The van der Waals surface area contributed by atoms with Crippen LogP contribution in [-0.2, 0) is 15.3 Å². The molecular weight excluding hydrogens is 473 g/mol. The fraction of sp³-hybridized carbons (Fsp3) is 0.533. The van der Waals surface area contributed by atoms with Crippen molar-refractivity contribution in [3.8, 4) is 0 Å². The second kappa shape index (κ2) is 6.36. The Kier molecular flexibility index (Phi) is 5.19. The molecule has 0 saturated carbocycles. The van der Waals surface area contributed by atoms with Gasteiger partial charge in [0.15, 0.2) is 0 Å². The first-order chi connectivity index (χ1) is 11.2. The summed E-state index contributed by atoms with van der Waals surface area (Å²) in [6.07, 6.45) is -4.59. The molecule has 140 valence electrons. The number of hydrogen-bond donors (Lipinski definition) is 1. The zero-order chi connectivity index (χ0) is 19.3. The number of halogens is 5. The van der Waals surface area contributed by atoms with Crippen LogP contribution in [-0.4, -0.2) is 33.3 Å². The average Bonchev–Trinajstić information content (AvgIpc) is 2.45. The third kappa shape index (κ3) is 3.93. The van der Waals surface area contributed by atoms with Gasteiger partial charge in [-0.25, -0.2) is 13.0 Å². The molecule has 0 unspecified atom stereocenters. The summed E-state index contributed by atoms with van der Waals surface area (Å²) in [5.74, 6) is -1.03. The van der Waals surface area contributed by atoms with Gasteiger partial charge in [-0.05, 0) is 61.6 Å². The van der Waals surface area contributed by atoms with Crippen LogP contribution < -0.4 is 5.73 Å². The maximum absolute atomic E-state index is 14.3. The van der Waals surface area contributed by atoms with Crippen molar-refractivity contribution < 1.29 is 21.8 Å². The summed E-state index contributed by atoms with van der Waals surface area (Å²) in [6.45, 7) is 2.84. The zero-order valence-electron chi connectivity index (χ0n) is 13.8. The Labute approximate surface area is 157 Å². The van der Waals surface area contributed by atoms with E-state index in [2.05, 4.69) is 9.36 Å². The lowest BCUT2D eigenvalue weighted by Gasteiger charge is -2.40. The predicted octanol–water partition coefficient (Wildman–Crippen LogP) is 3.83. The predicted molar refractivity (Wildman–Crippen MR) is 98.5 cm³/mol. The fourth-order valence-electron chi connectivity index (χ4n) is 2.59. The molecule has 1 aromatic carbocycles. The molecule has 0 aliphatic carbocycles. The molecule has 1 aromatic rings. The lowest BCUT2D eigenvalue weighted by Crippen LogP contribution is -2.55. The minimum atomic E-state index is -4.59. The zero-order valence-corrected chi connectivity index (χ0v) is 16.8. The van der Waals surface area contributed by atoms with Crippen LogP contribution >= 0.6 is 22.6 Å². The molecule has 25 heavy (non-hydrogen) atoms. The van der Waals surface area contributed by atoms with Crippen LogP contribution in [0, 0.1) is 9.39 Å². The van der Waals surface area contributed by atoms with Gasteiger partial charge in [0.25, 0.3) is 0 Å². The summed E-state index contributed by atoms with van der Waals surface area (Å²) in [7, 11) is -3.46. The third-order valence-electron chi connectivity index (χ3n) is 4.22. The van der Waals surface area contributed by atoms with E-state index in [1.807, 2.05) is 22.6 Å². The highest BCUT2D eigenvalue weighted by Gasteiger charge is 2.48. The van der Waals surface area contributed by atoms with Gasteiger partial charge in [-0.2, -0.15) is 13.2 Å². The largest absolute Gasteiger partial charge is 0.408 e. The van der Waals surface area contributed by atoms with Crippen LogP contribution in [0.25, 0.3) is 0 Å². The Morgan fingerprint density at radius 1 is 1.36 bits per heavy atom. The quantitative estimate of drug-likeness (QED) is 0.505. The average molecular weight is 491 g/mol. The normalized spacial score (nSPS) is 29.2. The molecule has 1 aliphatic rings. The van der Waals surface area contributed by atoms with Crippen LogP contribution in [0.15, 0.2) is 27.6 Å². The van der Waals surface area contributed by atoms with Gasteiger partial charge in [0.1, 0.15) is 28.5 Å². The summed E-state index contributed by atoms with van der Waals surface area (Å²) in [4.78, 5) is 4.31. The van der Waals surface area contributed by atoms with Crippen molar-refractivity contribution in [2.24, 2.45) is 15.1 Å². The topological polar surface area (TPSA) is 67.8 Å². The van der Waals surface area contributed by atoms with Crippen molar-refractivity contribution >= 4 is 38.2 Å². The minimum absolute atomic E-state index is 0.101. The fourth-order valence-corrected chi connectivity index (χ4v) is 5.57. The molecule has 0 aromatic heterocycles. The smallest absolute Gasteiger partial charge is 0.386 e. The van der Waals surface area contributed by atoms with E-state index in [1.165, 1.54) is 32.9 Å². The van der Waals surface area contributed by atoms with Gasteiger partial charge in [0.05, 0.1) is 15.5 Å². The summed E-state index contributed by atoms with van der Waals surface area (Å²) in [6, 6.07) is 4.31. The molecule has 0 fully saturated rings. The van der Waals surface area contributed by atoms with Crippen LogP contribution in [0.5, 0.6) is 0 Å². The van der Waals surface area contributed by atoms with Gasteiger partial charge in [-0.3, -0.25) is 4.99 Å². The van der Waals surface area contributed by atoms with Gasteiger partial charge in [-0.1, -0.05) is 0 Å². The van der Waals surface area contributed by atoms with Crippen LogP contribution in [0.2, 0.25) is 0 Å². The Bertz CT molecular complexity index is 844. The summed E-state index contributed by atoms with van der Waals surface area (Å²) in [5, 5.41) is 0. The summed E-state index contributed by atoms with van der Waals surface area (Å²) in [5.41, 5.74) is 4.70. The Balaban J connectivity index is 2.67. The molecule has 0 amide bonds. The van der Waals surface area contributed by atoms with Crippen LogP contribution in [0.1, 0.15) is 26.3 Å². The molecule has 2 rings (SSSR count). The number of nitrogens with two attached hydrogens (primary N) is 1. The van der Waals surface area contributed by atoms with E-state index in [4.69, 9.17) is 5.73 Å². The monoisotopic (exact) mass is 491 g/mol. The van der Waals surface area contributed by atoms with Gasteiger partial charge >= 0.3 is 6.18 Å². The van der Waals surface area contributed by atoms with E-state index in [0.717, 1.165) is 0 Å².